The zero-order valence-electron chi connectivity index (χ0n) is 12.9. The van der Waals surface area contributed by atoms with E-state index in [2.05, 4.69) is 29.4 Å². The van der Waals surface area contributed by atoms with E-state index in [0.717, 1.165) is 36.1 Å². The molecule has 1 fully saturated rings. The Bertz CT molecular complexity index is 611. The largest absolute Gasteiger partial charge is 0.497 e. The lowest BCUT2D eigenvalue weighted by atomic mass is 9.83. The van der Waals surface area contributed by atoms with E-state index in [0.29, 0.717) is 0 Å². The SMILES string of the molecule is COc1ccc2nccc(CC[C@H]3CCNC[C@@H]3C)c2c1. The van der Waals surface area contributed by atoms with E-state index >= 15 is 0 Å². The molecule has 3 nitrogen and oxygen atoms in total. The van der Waals surface area contributed by atoms with Crippen molar-refractivity contribution in [3.63, 3.8) is 0 Å². The molecule has 1 N–H and O–H groups in total. The number of aryl methyl sites for hydroxylation is 1. The van der Waals surface area contributed by atoms with Crippen molar-refractivity contribution in [2.75, 3.05) is 20.2 Å². The summed E-state index contributed by atoms with van der Waals surface area (Å²) in [5.41, 5.74) is 2.45. The van der Waals surface area contributed by atoms with Gasteiger partial charge in [-0.3, -0.25) is 4.98 Å². The molecule has 2 aromatic rings. The molecule has 1 aliphatic heterocycles. The van der Waals surface area contributed by atoms with E-state index in [-0.39, 0.29) is 0 Å². The number of nitrogens with zero attached hydrogens (tertiary/aromatic N) is 1. The van der Waals surface area contributed by atoms with Gasteiger partial charge in [-0.2, -0.15) is 0 Å². The second-order valence-corrected chi connectivity index (χ2v) is 6.12. The molecular weight excluding hydrogens is 260 g/mol. The summed E-state index contributed by atoms with van der Waals surface area (Å²) in [7, 11) is 1.72. The first-order valence-electron chi connectivity index (χ1n) is 7.90. The number of ether oxygens (including phenoxy) is 1. The van der Waals surface area contributed by atoms with Gasteiger partial charge in [0.15, 0.2) is 0 Å². The van der Waals surface area contributed by atoms with Crippen LogP contribution in [0.3, 0.4) is 0 Å². The predicted octanol–water partition coefficient (Wildman–Crippen LogP) is 3.42. The van der Waals surface area contributed by atoms with Gasteiger partial charge >= 0.3 is 0 Å². The molecule has 1 aromatic heterocycles. The van der Waals surface area contributed by atoms with Gasteiger partial charge in [0.05, 0.1) is 12.6 Å². The highest BCUT2D eigenvalue weighted by molar-refractivity contribution is 5.83. The zero-order valence-corrected chi connectivity index (χ0v) is 12.9. The van der Waals surface area contributed by atoms with Crippen LogP contribution < -0.4 is 10.1 Å². The van der Waals surface area contributed by atoms with Gasteiger partial charge in [-0.15, -0.1) is 0 Å². The van der Waals surface area contributed by atoms with Crippen LogP contribution in [0.5, 0.6) is 5.75 Å². The van der Waals surface area contributed by atoms with E-state index in [1.807, 2.05) is 18.3 Å². The van der Waals surface area contributed by atoms with Crippen molar-refractivity contribution in [2.45, 2.75) is 26.2 Å². The van der Waals surface area contributed by atoms with Crippen LogP contribution >= 0.6 is 0 Å². The van der Waals surface area contributed by atoms with E-state index < -0.39 is 0 Å². The van der Waals surface area contributed by atoms with Crippen LogP contribution in [-0.4, -0.2) is 25.2 Å². The second-order valence-electron chi connectivity index (χ2n) is 6.12. The lowest BCUT2D eigenvalue weighted by molar-refractivity contribution is 0.259. The Labute approximate surface area is 126 Å². The molecule has 0 unspecified atom stereocenters. The topological polar surface area (TPSA) is 34.1 Å². The molecule has 1 aromatic carbocycles. The van der Waals surface area contributed by atoms with Gasteiger partial charge < -0.3 is 10.1 Å². The maximum absolute atomic E-state index is 5.35. The predicted molar refractivity (Wildman–Crippen MR) is 86.8 cm³/mol. The number of pyridine rings is 1. The fourth-order valence-corrected chi connectivity index (χ4v) is 3.37. The van der Waals surface area contributed by atoms with Gasteiger partial charge in [0, 0.05) is 11.6 Å². The maximum Gasteiger partial charge on any atom is 0.119 e. The molecule has 0 spiro atoms. The summed E-state index contributed by atoms with van der Waals surface area (Å²) in [5.74, 6) is 2.52. The van der Waals surface area contributed by atoms with E-state index in [1.165, 1.54) is 30.3 Å². The van der Waals surface area contributed by atoms with E-state index in [1.54, 1.807) is 7.11 Å². The Kier molecular flexibility index (Phi) is 4.39. The molecule has 1 aliphatic rings. The van der Waals surface area contributed by atoms with Crippen molar-refractivity contribution in [1.29, 1.82) is 0 Å². The number of hydrogen-bond acceptors (Lipinski definition) is 3. The van der Waals surface area contributed by atoms with Crippen LogP contribution in [0.25, 0.3) is 10.9 Å². The monoisotopic (exact) mass is 284 g/mol. The minimum absolute atomic E-state index is 0.779. The lowest BCUT2D eigenvalue weighted by Gasteiger charge is -2.29. The van der Waals surface area contributed by atoms with Crippen molar-refractivity contribution >= 4 is 10.9 Å². The quantitative estimate of drug-likeness (QED) is 0.934. The zero-order chi connectivity index (χ0) is 14.7. The summed E-state index contributed by atoms with van der Waals surface area (Å²) in [5, 5.41) is 4.72. The average molecular weight is 284 g/mol. The highest BCUT2D eigenvalue weighted by Gasteiger charge is 2.20. The number of rotatable bonds is 4. The van der Waals surface area contributed by atoms with Crippen molar-refractivity contribution in [3.8, 4) is 5.75 Å². The first-order valence-corrected chi connectivity index (χ1v) is 7.90. The normalized spacial score (nSPS) is 22.4. The molecule has 0 bridgehead atoms. The fraction of sp³-hybridized carbons (Fsp3) is 0.500. The summed E-state index contributed by atoms with van der Waals surface area (Å²) in [6.07, 6.45) is 5.61. The third kappa shape index (κ3) is 3.18. The van der Waals surface area contributed by atoms with Gasteiger partial charge in [-0.1, -0.05) is 6.92 Å². The molecular formula is C18H24N2O. The molecule has 0 aliphatic carbocycles. The van der Waals surface area contributed by atoms with Crippen LogP contribution in [0.4, 0.5) is 0 Å². The highest BCUT2D eigenvalue weighted by atomic mass is 16.5. The van der Waals surface area contributed by atoms with Crippen molar-refractivity contribution < 1.29 is 4.74 Å². The smallest absolute Gasteiger partial charge is 0.119 e. The van der Waals surface area contributed by atoms with Gasteiger partial charge in [-0.05, 0) is 74.0 Å². The van der Waals surface area contributed by atoms with Gasteiger partial charge in [-0.25, -0.2) is 0 Å². The van der Waals surface area contributed by atoms with Crippen molar-refractivity contribution in [3.05, 3.63) is 36.0 Å². The molecule has 0 saturated carbocycles. The summed E-state index contributed by atoms with van der Waals surface area (Å²) in [4.78, 5) is 4.46. The minimum atomic E-state index is 0.779. The number of benzene rings is 1. The Morgan fingerprint density at radius 3 is 3.05 bits per heavy atom. The van der Waals surface area contributed by atoms with Crippen LogP contribution in [0.2, 0.25) is 0 Å². The average Bonchev–Trinajstić information content (AvgIpc) is 2.53. The van der Waals surface area contributed by atoms with Gasteiger partial charge in [0.1, 0.15) is 5.75 Å². The second kappa shape index (κ2) is 6.44. The number of piperidine rings is 1. The molecule has 112 valence electrons. The number of hydrogen-bond donors (Lipinski definition) is 1. The number of aromatic nitrogens is 1. The summed E-state index contributed by atoms with van der Waals surface area (Å²) >= 11 is 0. The minimum Gasteiger partial charge on any atom is -0.497 e. The molecule has 21 heavy (non-hydrogen) atoms. The van der Waals surface area contributed by atoms with Gasteiger partial charge in [0.25, 0.3) is 0 Å². The first-order chi connectivity index (χ1) is 10.3. The van der Waals surface area contributed by atoms with Crippen molar-refractivity contribution in [2.24, 2.45) is 11.8 Å². The Hall–Kier alpha value is -1.61. The summed E-state index contributed by atoms with van der Waals surface area (Å²) in [6.45, 7) is 4.69. The van der Waals surface area contributed by atoms with Crippen molar-refractivity contribution in [1.82, 2.24) is 10.3 Å². The number of fused-ring (bicyclic) bond motifs is 1. The Morgan fingerprint density at radius 1 is 1.33 bits per heavy atom. The van der Waals surface area contributed by atoms with Crippen LogP contribution in [0.15, 0.2) is 30.5 Å². The summed E-state index contributed by atoms with van der Waals surface area (Å²) < 4.78 is 5.35. The molecule has 3 heteroatoms. The van der Waals surface area contributed by atoms with Crippen LogP contribution in [0, 0.1) is 11.8 Å². The fourth-order valence-electron chi connectivity index (χ4n) is 3.37. The maximum atomic E-state index is 5.35. The van der Waals surface area contributed by atoms with E-state index in [9.17, 15) is 0 Å². The molecule has 1 saturated heterocycles. The Morgan fingerprint density at radius 2 is 2.24 bits per heavy atom. The van der Waals surface area contributed by atoms with Crippen LogP contribution in [-0.2, 0) is 6.42 Å². The number of methoxy groups -OCH3 is 1. The van der Waals surface area contributed by atoms with Crippen LogP contribution in [0.1, 0.15) is 25.3 Å². The molecule has 2 atom stereocenters. The third-order valence-corrected chi connectivity index (χ3v) is 4.79. The third-order valence-electron chi connectivity index (χ3n) is 4.79. The number of nitrogens with one attached hydrogen (secondary N) is 1. The van der Waals surface area contributed by atoms with E-state index in [4.69, 9.17) is 4.74 Å². The lowest BCUT2D eigenvalue weighted by Crippen LogP contribution is -2.35. The van der Waals surface area contributed by atoms with Gasteiger partial charge in [0.2, 0.25) is 0 Å². The Balaban J connectivity index is 1.79. The first kappa shape index (κ1) is 14.3. The molecule has 3 rings (SSSR count). The highest BCUT2D eigenvalue weighted by Crippen LogP contribution is 2.27. The molecule has 2 heterocycles. The molecule has 0 radical (unpaired) electrons. The molecule has 0 amide bonds. The summed E-state index contributed by atoms with van der Waals surface area (Å²) in [6, 6.07) is 8.30. The standard InChI is InChI=1S/C18H24N2O/c1-13-12-19-9-7-14(13)3-4-15-8-10-20-18-6-5-16(21-2)11-17(15)18/h5-6,8,10-11,13-14,19H,3-4,7,9,12H2,1-2H3/t13-,14-/m0/s1.